The second-order valence-corrected chi connectivity index (χ2v) is 2.82. The van der Waals surface area contributed by atoms with E-state index in [9.17, 15) is 0 Å². The third-order valence-corrected chi connectivity index (χ3v) is 1.96. The molecule has 0 fully saturated rings. The molecule has 0 aliphatic heterocycles. The summed E-state index contributed by atoms with van der Waals surface area (Å²) in [5.41, 5.74) is 0. The van der Waals surface area contributed by atoms with E-state index in [2.05, 4.69) is 0 Å². The minimum Gasteiger partial charge on any atom is -0.351 e. The highest BCUT2D eigenvalue weighted by Gasteiger charge is 2.18. The number of hydrogen-bond acceptors (Lipinski definition) is 2. The normalized spacial score (nSPS) is 13.9. The van der Waals surface area contributed by atoms with Crippen molar-refractivity contribution >= 4 is 23.2 Å². The molecule has 0 N–H and O–H groups in total. The summed E-state index contributed by atoms with van der Waals surface area (Å²) in [5.74, 6) is 0.340. The molecule has 0 bridgehead atoms. The average molecular weight is 201 g/mol. The largest absolute Gasteiger partial charge is 0.351 e. The number of hydrogen-bond donors (Lipinski definition) is 0. The SMILES string of the molecule is CCOC(OCC)C(Cl)CCl. The number of halogens is 2. The van der Waals surface area contributed by atoms with Crippen LogP contribution in [0.4, 0.5) is 0 Å². The first-order chi connectivity index (χ1) is 5.26. The van der Waals surface area contributed by atoms with Gasteiger partial charge in [-0.1, -0.05) is 0 Å². The van der Waals surface area contributed by atoms with Crippen molar-refractivity contribution in [3.63, 3.8) is 0 Å². The van der Waals surface area contributed by atoms with E-state index in [1.807, 2.05) is 13.8 Å². The molecule has 0 aromatic rings. The second kappa shape index (κ2) is 7.17. The highest BCUT2D eigenvalue weighted by Crippen LogP contribution is 2.10. The fraction of sp³-hybridized carbons (Fsp3) is 1.00. The molecule has 0 amide bonds. The van der Waals surface area contributed by atoms with Crippen molar-refractivity contribution in [2.45, 2.75) is 25.5 Å². The quantitative estimate of drug-likeness (QED) is 0.484. The standard InChI is InChI=1S/C7H14Cl2O2/c1-3-10-7(11-4-2)6(9)5-8/h6-7H,3-5H2,1-2H3. The average Bonchev–Trinajstić information content (AvgIpc) is 2.03. The molecule has 0 aliphatic carbocycles. The van der Waals surface area contributed by atoms with Gasteiger partial charge in [0.05, 0.1) is 5.38 Å². The van der Waals surface area contributed by atoms with Crippen LogP contribution in [0.5, 0.6) is 0 Å². The van der Waals surface area contributed by atoms with Gasteiger partial charge < -0.3 is 9.47 Å². The summed E-state index contributed by atoms with van der Waals surface area (Å²) in [4.78, 5) is 0. The van der Waals surface area contributed by atoms with Gasteiger partial charge >= 0.3 is 0 Å². The van der Waals surface area contributed by atoms with Gasteiger partial charge in [0.1, 0.15) is 0 Å². The van der Waals surface area contributed by atoms with Crippen LogP contribution < -0.4 is 0 Å². The third-order valence-electron chi connectivity index (χ3n) is 1.10. The topological polar surface area (TPSA) is 18.5 Å². The number of rotatable bonds is 6. The first-order valence-electron chi connectivity index (χ1n) is 3.69. The molecule has 2 nitrogen and oxygen atoms in total. The lowest BCUT2D eigenvalue weighted by Gasteiger charge is -2.19. The Morgan fingerprint density at radius 2 is 1.64 bits per heavy atom. The highest BCUT2D eigenvalue weighted by molar-refractivity contribution is 6.28. The molecule has 68 valence electrons. The molecule has 11 heavy (non-hydrogen) atoms. The minimum absolute atomic E-state index is 0.267. The first-order valence-corrected chi connectivity index (χ1v) is 4.66. The molecule has 0 rings (SSSR count). The monoisotopic (exact) mass is 200 g/mol. The zero-order valence-electron chi connectivity index (χ0n) is 6.85. The molecule has 1 atom stereocenters. The fourth-order valence-electron chi connectivity index (χ4n) is 0.658. The molecule has 0 radical (unpaired) electrons. The van der Waals surface area contributed by atoms with Crippen LogP contribution in [-0.4, -0.2) is 30.8 Å². The van der Waals surface area contributed by atoms with E-state index in [-0.39, 0.29) is 11.7 Å². The summed E-state index contributed by atoms with van der Waals surface area (Å²) < 4.78 is 10.4. The summed E-state index contributed by atoms with van der Waals surface area (Å²) in [7, 11) is 0. The van der Waals surface area contributed by atoms with Gasteiger partial charge in [0.2, 0.25) is 0 Å². The Kier molecular flexibility index (Phi) is 7.49. The van der Waals surface area contributed by atoms with Crippen LogP contribution in [0.2, 0.25) is 0 Å². The maximum atomic E-state index is 5.81. The predicted octanol–water partition coefficient (Wildman–Crippen LogP) is 2.23. The lowest BCUT2D eigenvalue weighted by atomic mass is 10.4. The van der Waals surface area contributed by atoms with E-state index in [0.717, 1.165) is 0 Å². The van der Waals surface area contributed by atoms with Gasteiger partial charge in [-0.2, -0.15) is 0 Å². The molecule has 0 heterocycles. The van der Waals surface area contributed by atoms with Crippen LogP contribution >= 0.6 is 23.2 Å². The first kappa shape index (κ1) is 11.5. The van der Waals surface area contributed by atoms with Crippen LogP contribution in [0.25, 0.3) is 0 Å². The van der Waals surface area contributed by atoms with E-state index in [4.69, 9.17) is 32.7 Å². The minimum atomic E-state index is -0.371. The molecule has 0 aromatic heterocycles. The number of ether oxygens (including phenoxy) is 2. The van der Waals surface area contributed by atoms with Crippen LogP contribution in [0.1, 0.15) is 13.8 Å². The summed E-state index contributed by atoms with van der Waals surface area (Å²) >= 11 is 11.3. The van der Waals surface area contributed by atoms with Crippen LogP contribution in [0.3, 0.4) is 0 Å². The highest BCUT2D eigenvalue weighted by atomic mass is 35.5. The van der Waals surface area contributed by atoms with Gasteiger partial charge in [-0.15, -0.1) is 23.2 Å². The Hall–Kier alpha value is 0.500. The maximum Gasteiger partial charge on any atom is 0.174 e. The van der Waals surface area contributed by atoms with E-state index in [1.165, 1.54) is 0 Å². The Balaban J connectivity index is 3.66. The second-order valence-electron chi connectivity index (χ2n) is 1.95. The molecule has 4 heteroatoms. The lowest BCUT2D eigenvalue weighted by molar-refractivity contribution is -0.133. The molecule has 1 unspecified atom stereocenters. The lowest BCUT2D eigenvalue weighted by Crippen LogP contribution is -2.29. The van der Waals surface area contributed by atoms with E-state index in [0.29, 0.717) is 19.1 Å². The van der Waals surface area contributed by atoms with Gasteiger partial charge in [-0.25, -0.2) is 0 Å². The summed E-state index contributed by atoms with van der Waals surface area (Å²) in [6.07, 6.45) is -0.371. The molecule has 0 aromatic carbocycles. The van der Waals surface area contributed by atoms with Crippen molar-refractivity contribution in [2.24, 2.45) is 0 Å². The Labute approximate surface area is 77.8 Å². The predicted molar refractivity (Wildman–Crippen MR) is 47.4 cm³/mol. The van der Waals surface area contributed by atoms with Crippen molar-refractivity contribution in [3.8, 4) is 0 Å². The van der Waals surface area contributed by atoms with Crippen molar-refractivity contribution in [2.75, 3.05) is 19.1 Å². The van der Waals surface area contributed by atoms with Crippen LogP contribution in [0.15, 0.2) is 0 Å². The molecule has 0 saturated heterocycles. The van der Waals surface area contributed by atoms with Crippen molar-refractivity contribution in [3.05, 3.63) is 0 Å². The Bertz CT molecular complexity index is 84.5. The number of alkyl halides is 2. The smallest absolute Gasteiger partial charge is 0.174 e. The maximum absolute atomic E-state index is 5.81. The van der Waals surface area contributed by atoms with Gasteiger partial charge in [-0.05, 0) is 13.8 Å². The van der Waals surface area contributed by atoms with Crippen molar-refractivity contribution in [1.82, 2.24) is 0 Å². The Morgan fingerprint density at radius 3 is 1.91 bits per heavy atom. The molecule has 0 saturated carbocycles. The van der Waals surface area contributed by atoms with Gasteiger partial charge in [0.15, 0.2) is 6.29 Å². The van der Waals surface area contributed by atoms with Crippen molar-refractivity contribution < 1.29 is 9.47 Å². The van der Waals surface area contributed by atoms with Gasteiger partial charge in [0.25, 0.3) is 0 Å². The zero-order chi connectivity index (χ0) is 8.69. The van der Waals surface area contributed by atoms with Gasteiger partial charge in [0, 0.05) is 19.1 Å². The molecule has 0 spiro atoms. The van der Waals surface area contributed by atoms with Gasteiger partial charge in [-0.3, -0.25) is 0 Å². The van der Waals surface area contributed by atoms with E-state index >= 15 is 0 Å². The summed E-state index contributed by atoms with van der Waals surface area (Å²) in [6.45, 7) is 4.96. The summed E-state index contributed by atoms with van der Waals surface area (Å²) in [6, 6.07) is 0. The van der Waals surface area contributed by atoms with E-state index < -0.39 is 0 Å². The molecular formula is C7H14Cl2O2. The fourth-order valence-corrected chi connectivity index (χ4v) is 0.949. The Morgan fingerprint density at radius 1 is 1.18 bits per heavy atom. The molecular weight excluding hydrogens is 187 g/mol. The molecule has 0 aliphatic rings. The van der Waals surface area contributed by atoms with Crippen LogP contribution in [0, 0.1) is 0 Å². The van der Waals surface area contributed by atoms with E-state index in [1.54, 1.807) is 0 Å². The summed E-state index contributed by atoms with van der Waals surface area (Å²) in [5, 5.41) is -0.267. The zero-order valence-corrected chi connectivity index (χ0v) is 8.36. The van der Waals surface area contributed by atoms with Crippen LogP contribution in [-0.2, 0) is 9.47 Å². The van der Waals surface area contributed by atoms with Crippen molar-refractivity contribution in [1.29, 1.82) is 0 Å². The third kappa shape index (κ3) is 4.86.